The van der Waals surface area contributed by atoms with Gasteiger partial charge in [-0.3, -0.25) is 14.7 Å². The van der Waals surface area contributed by atoms with Gasteiger partial charge in [-0.25, -0.2) is 8.78 Å². The molecule has 4 aliphatic heterocycles. The molecule has 7 nitrogen and oxygen atoms in total. The van der Waals surface area contributed by atoms with Crippen molar-refractivity contribution in [2.45, 2.75) is 101 Å². The fourth-order valence-electron chi connectivity index (χ4n) is 7.85. The van der Waals surface area contributed by atoms with Crippen molar-refractivity contribution in [2.75, 3.05) is 45.1 Å². The van der Waals surface area contributed by atoms with Crippen molar-refractivity contribution in [2.24, 2.45) is 4.99 Å². The number of hydrogen-bond donors (Lipinski definition) is 1. The number of ether oxygens (including phenoxy) is 1. The lowest BCUT2D eigenvalue weighted by Gasteiger charge is -2.47. The molecule has 0 saturated carbocycles. The Bertz CT molecular complexity index is 1340. The van der Waals surface area contributed by atoms with Crippen LogP contribution < -0.4 is 5.32 Å². The molecule has 5 aliphatic rings. The van der Waals surface area contributed by atoms with Gasteiger partial charge in [0, 0.05) is 72.5 Å². The van der Waals surface area contributed by atoms with E-state index >= 15 is 4.39 Å². The highest BCUT2D eigenvalue weighted by molar-refractivity contribution is 8.00. The molecule has 6 rings (SSSR count). The number of hydrogen-bond acceptors (Lipinski definition) is 7. The zero-order valence-electron chi connectivity index (χ0n) is 28.5. The minimum atomic E-state index is -0.580. The number of benzene rings is 1. The molecule has 0 aromatic heterocycles. The van der Waals surface area contributed by atoms with Gasteiger partial charge in [-0.15, -0.1) is 0 Å². The molecule has 4 heterocycles. The van der Waals surface area contributed by atoms with Gasteiger partial charge in [0.1, 0.15) is 17.5 Å². The predicted molar refractivity (Wildman–Crippen MR) is 189 cm³/mol. The lowest BCUT2D eigenvalue weighted by molar-refractivity contribution is -0.110. The van der Waals surface area contributed by atoms with Gasteiger partial charge in [0.25, 0.3) is 0 Å². The number of allylic oxidation sites excluding steroid dienone is 3. The summed E-state index contributed by atoms with van der Waals surface area (Å²) in [6.07, 6.45) is 12.3. The van der Waals surface area contributed by atoms with Crippen LogP contribution in [0, 0.1) is 11.6 Å². The third-order valence-corrected chi connectivity index (χ3v) is 11.6. The molecule has 0 spiro atoms. The smallest absolute Gasteiger partial charge is 0.207 e. The van der Waals surface area contributed by atoms with Crippen LogP contribution in [0.15, 0.2) is 59.3 Å². The molecule has 1 amide bonds. The van der Waals surface area contributed by atoms with Crippen LogP contribution in [-0.2, 0) is 9.53 Å². The fourth-order valence-corrected chi connectivity index (χ4v) is 9.44. The Morgan fingerprint density at radius 2 is 2.04 bits per heavy atom. The zero-order valence-corrected chi connectivity index (χ0v) is 29.4. The Morgan fingerprint density at radius 3 is 2.68 bits per heavy atom. The number of aliphatic imine (C=N–C) groups is 1. The monoisotopic (exact) mass is 669 g/mol. The van der Waals surface area contributed by atoms with Crippen molar-refractivity contribution in [3.05, 3.63) is 71.5 Å². The van der Waals surface area contributed by atoms with Crippen molar-refractivity contribution in [3.63, 3.8) is 0 Å². The minimum Gasteiger partial charge on any atom is -0.375 e. The first kappa shape index (κ1) is 35.6. The highest BCUT2D eigenvalue weighted by Crippen LogP contribution is 2.43. The Morgan fingerprint density at radius 1 is 1.23 bits per heavy atom. The zero-order chi connectivity index (χ0) is 33.5. The summed E-state index contributed by atoms with van der Waals surface area (Å²) < 4.78 is 34.8. The standard InChI is InChI=1S/C34H45F2N5O2S.C3H8/c1-4-25(5-2)40-13-14-41(22(3)17-40)34-30-11-10-29(28-9-8-23(35)15-31(28)36)33(32(30)37-21-42)44-20-24(38-34)7-6-12-39-18-27-16-26(39)19-43-27;1-3-2/h4-5,8-9,11,15,21-22,24,26-27,29,32-33H,1,6-7,10,12-14,16-20H2,2-3H3,(H,37,42);3H2,1-2H3/b25-5+,38-34?;/t22?,24-,26?,27?,29?,32?,33?;/m1./s1. The number of rotatable bonds is 9. The summed E-state index contributed by atoms with van der Waals surface area (Å²) in [6, 6.07) is 4.38. The van der Waals surface area contributed by atoms with Gasteiger partial charge < -0.3 is 19.9 Å². The van der Waals surface area contributed by atoms with Crippen molar-refractivity contribution in [3.8, 4) is 0 Å². The van der Waals surface area contributed by atoms with E-state index in [2.05, 4.69) is 59.5 Å². The third-order valence-electron chi connectivity index (χ3n) is 10.1. The first-order valence-corrected chi connectivity index (χ1v) is 18.6. The average molecular weight is 670 g/mol. The lowest BCUT2D eigenvalue weighted by Crippen LogP contribution is -2.57. The van der Waals surface area contributed by atoms with Crippen LogP contribution >= 0.6 is 11.8 Å². The van der Waals surface area contributed by atoms with E-state index in [1.807, 2.05) is 13.0 Å². The normalized spacial score (nSPS) is 30.9. The average Bonchev–Trinajstić information content (AvgIpc) is 3.68. The van der Waals surface area contributed by atoms with Crippen LogP contribution in [0.3, 0.4) is 0 Å². The van der Waals surface area contributed by atoms with Gasteiger partial charge in [-0.2, -0.15) is 11.8 Å². The Labute approximate surface area is 284 Å². The van der Waals surface area contributed by atoms with E-state index in [0.29, 0.717) is 24.1 Å². The maximum absolute atomic E-state index is 15.2. The summed E-state index contributed by atoms with van der Waals surface area (Å²) in [5.74, 6) is 0.435. The summed E-state index contributed by atoms with van der Waals surface area (Å²) in [6.45, 7) is 17.9. The second-order valence-corrected chi connectivity index (χ2v) is 14.6. The number of carbonyl (C=O) groups is 1. The topological polar surface area (TPSA) is 60.4 Å². The quantitative estimate of drug-likeness (QED) is 0.252. The van der Waals surface area contributed by atoms with Gasteiger partial charge in [0.05, 0.1) is 24.8 Å². The lowest BCUT2D eigenvalue weighted by atomic mass is 9.80. The largest absolute Gasteiger partial charge is 0.375 e. The van der Waals surface area contributed by atoms with Gasteiger partial charge in [-0.1, -0.05) is 45.1 Å². The number of carbonyl (C=O) groups excluding carboxylic acids is 1. The molecule has 3 fully saturated rings. The molecule has 10 heteroatoms. The number of likely N-dealkylation sites (tertiary alicyclic amines) is 1. The number of fused-ring (bicyclic) bond motifs is 4. The molecule has 4 bridgehead atoms. The second-order valence-electron chi connectivity index (χ2n) is 13.4. The van der Waals surface area contributed by atoms with E-state index < -0.39 is 11.6 Å². The molecule has 1 N–H and O–H groups in total. The molecule has 258 valence electrons. The molecule has 3 saturated heterocycles. The van der Waals surface area contributed by atoms with Crippen molar-refractivity contribution >= 4 is 24.0 Å². The Hall–Kier alpha value is -2.69. The number of thioether (sulfide) groups is 1. The maximum atomic E-state index is 15.2. The summed E-state index contributed by atoms with van der Waals surface area (Å²) >= 11 is 1.77. The van der Waals surface area contributed by atoms with E-state index in [0.717, 1.165) is 93.9 Å². The van der Waals surface area contributed by atoms with Crippen LogP contribution in [0.4, 0.5) is 8.78 Å². The molecule has 7 atom stereocenters. The summed E-state index contributed by atoms with van der Waals surface area (Å²) in [7, 11) is 0. The van der Waals surface area contributed by atoms with E-state index in [1.165, 1.54) is 12.5 Å². The highest BCUT2D eigenvalue weighted by Gasteiger charge is 2.43. The van der Waals surface area contributed by atoms with Crippen molar-refractivity contribution in [1.82, 2.24) is 20.0 Å². The van der Waals surface area contributed by atoms with E-state index in [9.17, 15) is 9.18 Å². The number of amidine groups is 1. The van der Waals surface area contributed by atoms with E-state index in [4.69, 9.17) is 9.73 Å². The molecule has 1 aromatic rings. The van der Waals surface area contributed by atoms with Gasteiger partial charge in [0.15, 0.2) is 0 Å². The first-order chi connectivity index (χ1) is 22.8. The van der Waals surface area contributed by atoms with Gasteiger partial charge >= 0.3 is 0 Å². The number of amides is 1. The first-order valence-electron chi connectivity index (χ1n) is 17.5. The molecule has 1 aromatic carbocycles. The van der Waals surface area contributed by atoms with Crippen LogP contribution in [0.5, 0.6) is 0 Å². The van der Waals surface area contributed by atoms with Gasteiger partial charge in [0.2, 0.25) is 6.41 Å². The number of piperazine rings is 1. The van der Waals surface area contributed by atoms with Crippen molar-refractivity contribution in [1.29, 1.82) is 0 Å². The number of morpholine rings is 1. The predicted octanol–water partition coefficient (Wildman–Crippen LogP) is 6.14. The fraction of sp³-hybridized carbons (Fsp3) is 0.622. The minimum absolute atomic E-state index is 0.0930. The molecular formula is C37H53F2N5O2S. The molecule has 47 heavy (non-hydrogen) atoms. The number of nitrogens with one attached hydrogen (secondary N) is 1. The van der Waals surface area contributed by atoms with Gasteiger partial charge in [-0.05, 0) is 63.8 Å². The van der Waals surface area contributed by atoms with E-state index in [1.54, 1.807) is 17.8 Å². The summed E-state index contributed by atoms with van der Waals surface area (Å²) in [4.78, 5) is 24.9. The number of halogens is 2. The summed E-state index contributed by atoms with van der Waals surface area (Å²) in [5.41, 5.74) is 2.65. The molecule has 6 unspecified atom stereocenters. The molecule has 0 radical (unpaired) electrons. The van der Waals surface area contributed by atoms with Crippen LogP contribution in [-0.4, -0.2) is 108 Å². The van der Waals surface area contributed by atoms with Crippen LogP contribution in [0.25, 0.3) is 0 Å². The number of nitrogens with zero attached hydrogens (tertiary/aromatic N) is 4. The van der Waals surface area contributed by atoms with Crippen LogP contribution in [0.2, 0.25) is 0 Å². The van der Waals surface area contributed by atoms with Crippen molar-refractivity contribution < 1.29 is 18.3 Å². The molecule has 1 aliphatic carbocycles. The second kappa shape index (κ2) is 16.6. The Kier molecular flexibility index (Phi) is 12.6. The highest BCUT2D eigenvalue weighted by atomic mass is 32.2. The SMILES string of the molecule is C=C/C(=C\C)N1CCN(C2=N[C@H](CCCN3CC4CC3CO4)CSC3C(NC=O)C2=CCC3c2ccc(F)cc2F)C(C)C1.CCC. The Balaban J connectivity index is 0.00000139. The maximum Gasteiger partial charge on any atom is 0.207 e. The molecular weight excluding hydrogens is 617 g/mol. The van der Waals surface area contributed by atoms with E-state index in [-0.39, 0.29) is 29.3 Å². The third kappa shape index (κ3) is 8.14. The van der Waals surface area contributed by atoms with Crippen LogP contribution in [0.1, 0.15) is 71.3 Å². The summed E-state index contributed by atoms with van der Waals surface area (Å²) in [5, 5.41) is 2.99.